The van der Waals surface area contributed by atoms with Crippen molar-refractivity contribution in [3.05, 3.63) is 6.33 Å². The molecule has 74 valence electrons. The Labute approximate surface area is 79.9 Å². The van der Waals surface area contributed by atoms with Gasteiger partial charge in [-0.2, -0.15) is 9.97 Å². The third kappa shape index (κ3) is 1.10. The Morgan fingerprint density at radius 1 is 1.50 bits per heavy atom. The molecule has 0 bridgehead atoms. The van der Waals surface area contributed by atoms with Gasteiger partial charge in [-0.25, -0.2) is 9.66 Å². The SMILES string of the molecule is CNn1cnc2c(OC)nc(N)nc21. The lowest BCUT2D eigenvalue weighted by Crippen LogP contribution is -2.09. The molecule has 0 aliphatic heterocycles. The molecule has 14 heavy (non-hydrogen) atoms. The molecule has 0 atom stereocenters. The standard InChI is InChI=1S/C7H10N6O/c1-9-13-3-10-4-5(13)11-7(8)12-6(4)14-2/h3,9H,1-2H3,(H2,8,11,12). The summed E-state index contributed by atoms with van der Waals surface area (Å²) in [4.78, 5) is 12.0. The number of nitrogens with two attached hydrogens (primary N) is 1. The van der Waals surface area contributed by atoms with Crippen LogP contribution in [-0.4, -0.2) is 33.8 Å². The summed E-state index contributed by atoms with van der Waals surface area (Å²) >= 11 is 0. The Hall–Kier alpha value is -2.05. The van der Waals surface area contributed by atoms with E-state index in [1.807, 2.05) is 0 Å². The molecule has 2 aromatic heterocycles. The molecule has 0 amide bonds. The van der Waals surface area contributed by atoms with E-state index in [0.29, 0.717) is 17.0 Å². The van der Waals surface area contributed by atoms with Gasteiger partial charge in [0.05, 0.1) is 7.11 Å². The molecule has 0 unspecified atom stereocenters. The second kappa shape index (κ2) is 3.02. The van der Waals surface area contributed by atoms with Crippen molar-refractivity contribution in [3.63, 3.8) is 0 Å². The average molecular weight is 194 g/mol. The van der Waals surface area contributed by atoms with Crippen LogP contribution in [0.4, 0.5) is 5.95 Å². The first-order valence-electron chi connectivity index (χ1n) is 3.98. The number of fused-ring (bicyclic) bond motifs is 1. The molecule has 0 aliphatic carbocycles. The number of hydrogen-bond acceptors (Lipinski definition) is 6. The summed E-state index contributed by atoms with van der Waals surface area (Å²) in [5, 5.41) is 0. The van der Waals surface area contributed by atoms with Gasteiger partial charge in [0.1, 0.15) is 6.33 Å². The summed E-state index contributed by atoms with van der Waals surface area (Å²) in [5.74, 6) is 0.535. The molecule has 0 aliphatic rings. The Morgan fingerprint density at radius 2 is 2.29 bits per heavy atom. The van der Waals surface area contributed by atoms with E-state index in [-0.39, 0.29) is 5.95 Å². The summed E-state index contributed by atoms with van der Waals surface area (Å²) in [6.45, 7) is 0. The number of imidazole rings is 1. The van der Waals surface area contributed by atoms with Gasteiger partial charge in [-0.05, 0) is 0 Å². The summed E-state index contributed by atoms with van der Waals surface area (Å²) in [7, 11) is 3.27. The first kappa shape index (κ1) is 8.54. The zero-order chi connectivity index (χ0) is 10.1. The van der Waals surface area contributed by atoms with Crippen LogP contribution in [-0.2, 0) is 0 Å². The van der Waals surface area contributed by atoms with Crippen LogP contribution in [0.25, 0.3) is 11.2 Å². The van der Waals surface area contributed by atoms with Crippen LogP contribution in [0.2, 0.25) is 0 Å². The number of anilines is 1. The minimum Gasteiger partial charge on any atom is -0.479 e. The van der Waals surface area contributed by atoms with Gasteiger partial charge in [0.2, 0.25) is 11.8 Å². The minimum atomic E-state index is 0.159. The highest BCUT2D eigenvalue weighted by molar-refractivity contribution is 5.77. The van der Waals surface area contributed by atoms with Gasteiger partial charge < -0.3 is 15.9 Å². The average Bonchev–Trinajstić information content (AvgIpc) is 2.59. The number of methoxy groups -OCH3 is 1. The zero-order valence-electron chi connectivity index (χ0n) is 7.85. The van der Waals surface area contributed by atoms with Crippen molar-refractivity contribution in [2.45, 2.75) is 0 Å². The number of hydrogen-bond donors (Lipinski definition) is 2. The molecular formula is C7H10N6O. The van der Waals surface area contributed by atoms with Crippen molar-refractivity contribution in [2.75, 3.05) is 25.3 Å². The molecule has 0 radical (unpaired) electrons. The van der Waals surface area contributed by atoms with Crippen molar-refractivity contribution in [2.24, 2.45) is 0 Å². The molecule has 0 fully saturated rings. The van der Waals surface area contributed by atoms with Gasteiger partial charge in [0.15, 0.2) is 11.2 Å². The van der Waals surface area contributed by atoms with E-state index >= 15 is 0 Å². The van der Waals surface area contributed by atoms with Crippen molar-refractivity contribution >= 4 is 17.1 Å². The third-order valence-corrected chi connectivity index (χ3v) is 1.82. The predicted octanol–water partition coefficient (Wildman–Crippen LogP) is -0.410. The number of nitrogens with one attached hydrogen (secondary N) is 1. The lowest BCUT2D eigenvalue weighted by Gasteiger charge is -2.03. The van der Waals surface area contributed by atoms with Crippen LogP contribution in [0.5, 0.6) is 5.88 Å². The molecule has 0 spiro atoms. The van der Waals surface area contributed by atoms with Gasteiger partial charge in [0, 0.05) is 7.05 Å². The summed E-state index contributed by atoms with van der Waals surface area (Å²) in [5.41, 5.74) is 9.57. The van der Waals surface area contributed by atoms with Crippen LogP contribution in [0.1, 0.15) is 0 Å². The van der Waals surface area contributed by atoms with Gasteiger partial charge in [-0.3, -0.25) is 0 Å². The highest BCUT2D eigenvalue weighted by Crippen LogP contribution is 2.20. The summed E-state index contributed by atoms with van der Waals surface area (Å²) in [6, 6.07) is 0. The molecule has 7 nitrogen and oxygen atoms in total. The monoisotopic (exact) mass is 194 g/mol. The van der Waals surface area contributed by atoms with Crippen molar-refractivity contribution in [1.29, 1.82) is 0 Å². The Morgan fingerprint density at radius 3 is 2.93 bits per heavy atom. The molecule has 3 N–H and O–H groups in total. The Bertz CT molecular complexity index is 464. The van der Waals surface area contributed by atoms with E-state index in [0.717, 1.165) is 0 Å². The van der Waals surface area contributed by atoms with E-state index in [9.17, 15) is 0 Å². The van der Waals surface area contributed by atoms with Gasteiger partial charge in [-0.15, -0.1) is 0 Å². The highest BCUT2D eigenvalue weighted by Gasteiger charge is 2.11. The molecular weight excluding hydrogens is 184 g/mol. The van der Waals surface area contributed by atoms with Crippen LogP contribution in [0.3, 0.4) is 0 Å². The molecule has 0 saturated carbocycles. The zero-order valence-corrected chi connectivity index (χ0v) is 7.85. The fourth-order valence-electron chi connectivity index (χ4n) is 1.20. The topological polar surface area (TPSA) is 90.9 Å². The summed E-state index contributed by atoms with van der Waals surface area (Å²) < 4.78 is 6.67. The Balaban J connectivity index is 2.76. The number of ether oxygens (including phenoxy) is 1. The largest absolute Gasteiger partial charge is 0.479 e. The van der Waals surface area contributed by atoms with E-state index in [2.05, 4.69) is 20.4 Å². The van der Waals surface area contributed by atoms with E-state index in [1.165, 1.54) is 7.11 Å². The van der Waals surface area contributed by atoms with E-state index in [4.69, 9.17) is 10.5 Å². The first-order chi connectivity index (χ1) is 6.76. The molecule has 2 rings (SSSR count). The van der Waals surface area contributed by atoms with Crippen LogP contribution < -0.4 is 15.9 Å². The highest BCUT2D eigenvalue weighted by atomic mass is 16.5. The number of nitrogens with zero attached hydrogens (tertiary/aromatic N) is 4. The van der Waals surface area contributed by atoms with Crippen molar-refractivity contribution in [3.8, 4) is 5.88 Å². The fraction of sp³-hybridized carbons (Fsp3) is 0.286. The maximum absolute atomic E-state index is 5.51. The second-order valence-corrected chi connectivity index (χ2v) is 2.60. The molecule has 7 heteroatoms. The van der Waals surface area contributed by atoms with Crippen molar-refractivity contribution in [1.82, 2.24) is 19.6 Å². The Kier molecular flexibility index (Phi) is 1.84. The molecule has 2 aromatic rings. The van der Waals surface area contributed by atoms with Crippen molar-refractivity contribution < 1.29 is 4.74 Å². The number of rotatable bonds is 2. The summed E-state index contributed by atoms with van der Waals surface area (Å²) in [6.07, 6.45) is 1.58. The quantitative estimate of drug-likeness (QED) is 0.675. The third-order valence-electron chi connectivity index (χ3n) is 1.82. The van der Waals surface area contributed by atoms with E-state index < -0.39 is 0 Å². The normalized spacial score (nSPS) is 10.4. The van der Waals surface area contributed by atoms with Crippen LogP contribution >= 0.6 is 0 Å². The van der Waals surface area contributed by atoms with Gasteiger partial charge >= 0.3 is 0 Å². The lowest BCUT2D eigenvalue weighted by atomic mass is 10.5. The molecule has 0 aromatic carbocycles. The predicted molar refractivity (Wildman–Crippen MR) is 51.6 cm³/mol. The molecule has 0 saturated heterocycles. The van der Waals surface area contributed by atoms with E-state index in [1.54, 1.807) is 18.1 Å². The molecule has 2 heterocycles. The van der Waals surface area contributed by atoms with Gasteiger partial charge in [-0.1, -0.05) is 0 Å². The minimum absolute atomic E-state index is 0.159. The fourth-order valence-corrected chi connectivity index (χ4v) is 1.20. The second-order valence-electron chi connectivity index (χ2n) is 2.60. The van der Waals surface area contributed by atoms with Crippen LogP contribution in [0, 0.1) is 0 Å². The maximum atomic E-state index is 5.51. The lowest BCUT2D eigenvalue weighted by molar-refractivity contribution is 0.402. The number of nitrogen functional groups attached to an aromatic ring is 1. The smallest absolute Gasteiger partial charge is 0.247 e. The number of aromatic nitrogens is 4. The first-order valence-corrected chi connectivity index (χ1v) is 3.98. The van der Waals surface area contributed by atoms with Gasteiger partial charge in [0.25, 0.3) is 0 Å². The maximum Gasteiger partial charge on any atom is 0.247 e. The van der Waals surface area contributed by atoms with Crippen LogP contribution in [0.15, 0.2) is 6.33 Å².